The number of nitrogens with zero attached hydrogens (tertiary/aromatic N) is 2. The Kier molecular flexibility index (Phi) is 5.47. The Morgan fingerprint density at radius 2 is 2.07 bits per heavy atom. The van der Waals surface area contributed by atoms with Crippen LogP contribution in [0.4, 0.5) is 5.69 Å². The number of aromatic nitrogens is 3. The molecule has 0 aliphatic rings. The number of nitrogens with one attached hydrogen (secondary N) is 2. The van der Waals surface area contributed by atoms with Crippen LogP contribution in [0, 0.1) is 6.92 Å². The molecule has 0 radical (unpaired) electrons. The van der Waals surface area contributed by atoms with E-state index in [9.17, 15) is 4.79 Å². The molecule has 0 saturated heterocycles. The Hall–Kier alpha value is -4.07. The number of furan rings is 1. The predicted molar refractivity (Wildman–Crippen MR) is 111 cm³/mol. The van der Waals surface area contributed by atoms with Crippen molar-refractivity contribution in [3.8, 4) is 23.0 Å². The van der Waals surface area contributed by atoms with E-state index in [0.29, 0.717) is 35.2 Å². The molecule has 0 fully saturated rings. The van der Waals surface area contributed by atoms with Gasteiger partial charge in [0, 0.05) is 35.8 Å². The van der Waals surface area contributed by atoms with Crippen LogP contribution in [0.3, 0.4) is 0 Å². The molecule has 1 amide bonds. The number of H-pyrrole nitrogens is 1. The van der Waals surface area contributed by atoms with Crippen LogP contribution in [-0.2, 0) is 6.61 Å². The highest BCUT2D eigenvalue weighted by molar-refractivity contribution is 6.03. The summed E-state index contributed by atoms with van der Waals surface area (Å²) in [7, 11) is 1.56. The van der Waals surface area contributed by atoms with Crippen molar-refractivity contribution < 1.29 is 18.7 Å². The average Bonchev–Trinajstić information content (AvgIpc) is 3.42. The van der Waals surface area contributed by atoms with Crippen molar-refractivity contribution in [2.45, 2.75) is 13.5 Å². The van der Waals surface area contributed by atoms with Crippen LogP contribution in [0.15, 0.2) is 65.3 Å². The smallest absolute Gasteiger partial charge is 0.276 e. The van der Waals surface area contributed by atoms with Gasteiger partial charge in [-0.25, -0.2) is 0 Å². The summed E-state index contributed by atoms with van der Waals surface area (Å²) < 4.78 is 16.8. The molecule has 3 heterocycles. The lowest BCUT2D eigenvalue weighted by atomic mass is 10.2. The van der Waals surface area contributed by atoms with Gasteiger partial charge in [0.15, 0.2) is 23.0 Å². The third-order valence-electron chi connectivity index (χ3n) is 4.35. The van der Waals surface area contributed by atoms with Crippen LogP contribution in [0.5, 0.6) is 11.5 Å². The molecule has 152 valence electrons. The Balaban J connectivity index is 1.47. The van der Waals surface area contributed by atoms with Gasteiger partial charge in [0.05, 0.1) is 7.11 Å². The maximum Gasteiger partial charge on any atom is 0.276 e. The minimum Gasteiger partial charge on any atom is -0.493 e. The average molecular weight is 404 g/mol. The number of hydrogen-bond acceptors (Lipinski definition) is 6. The summed E-state index contributed by atoms with van der Waals surface area (Å²) in [5.74, 6) is 2.11. The third kappa shape index (κ3) is 4.33. The Morgan fingerprint density at radius 1 is 1.17 bits per heavy atom. The number of carbonyl (C=O) groups is 1. The Morgan fingerprint density at radius 3 is 2.80 bits per heavy atom. The zero-order valence-corrected chi connectivity index (χ0v) is 16.5. The lowest BCUT2D eigenvalue weighted by Crippen LogP contribution is -2.12. The van der Waals surface area contributed by atoms with Gasteiger partial charge in [0.2, 0.25) is 0 Å². The summed E-state index contributed by atoms with van der Waals surface area (Å²) in [5, 5.41) is 9.70. The first-order valence-electron chi connectivity index (χ1n) is 9.25. The molecule has 0 saturated carbocycles. The topological polar surface area (TPSA) is 102 Å². The fourth-order valence-electron chi connectivity index (χ4n) is 2.85. The minimum atomic E-state index is -0.357. The molecule has 0 unspecified atom stereocenters. The zero-order chi connectivity index (χ0) is 20.9. The molecule has 3 aromatic heterocycles. The van der Waals surface area contributed by atoms with Gasteiger partial charge in [-0.2, -0.15) is 5.10 Å². The minimum absolute atomic E-state index is 0.243. The number of methoxy groups -OCH3 is 1. The van der Waals surface area contributed by atoms with Crippen molar-refractivity contribution in [3.05, 3.63) is 77.9 Å². The monoisotopic (exact) mass is 404 g/mol. The van der Waals surface area contributed by atoms with Gasteiger partial charge in [-0.05, 0) is 37.3 Å². The maximum atomic E-state index is 12.6. The van der Waals surface area contributed by atoms with E-state index in [4.69, 9.17) is 13.9 Å². The molecule has 0 spiro atoms. The lowest BCUT2D eigenvalue weighted by Gasteiger charge is -2.12. The number of anilines is 1. The highest BCUT2D eigenvalue weighted by Gasteiger charge is 2.15. The second-order valence-corrected chi connectivity index (χ2v) is 6.55. The molecule has 4 aromatic rings. The molecule has 0 aliphatic heterocycles. The number of pyridine rings is 1. The van der Waals surface area contributed by atoms with E-state index in [1.54, 1.807) is 43.8 Å². The van der Waals surface area contributed by atoms with Crippen molar-refractivity contribution in [3.63, 3.8) is 0 Å². The van der Waals surface area contributed by atoms with Crippen LogP contribution in [-0.4, -0.2) is 28.2 Å². The molecular formula is C22H20N4O4. The summed E-state index contributed by atoms with van der Waals surface area (Å²) in [6.45, 7) is 2.18. The first-order chi connectivity index (χ1) is 14.6. The van der Waals surface area contributed by atoms with Crippen molar-refractivity contribution >= 4 is 11.6 Å². The molecule has 4 rings (SSSR count). The summed E-state index contributed by atoms with van der Waals surface area (Å²) in [4.78, 5) is 16.7. The number of amides is 1. The number of aromatic amines is 1. The van der Waals surface area contributed by atoms with E-state index in [-0.39, 0.29) is 11.6 Å². The first-order valence-corrected chi connectivity index (χ1v) is 9.25. The van der Waals surface area contributed by atoms with Gasteiger partial charge in [-0.15, -0.1) is 0 Å². The molecule has 0 atom stereocenters. The third-order valence-corrected chi connectivity index (χ3v) is 4.35. The van der Waals surface area contributed by atoms with E-state index in [0.717, 1.165) is 11.3 Å². The fourth-order valence-corrected chi connectivity index (χ4v) is 2.85. The second-order valence-electron chi connectivity index (χ2n) is 6.55. The van der Waals surface area contributed by atoms with Crippen LogP contribution < -0.4 is 14.8 Å². The van der Waals surface area contributed by atoms with Crippen LogP contribution in [0.25, 0.3) is 11.5 Å². The largest absolute Gasteiger partial charge is 0.493 e. The lowest BCUT2D eigenvalue weighted by molar-refractivity contribution is 0.102. The molecule has 1 aromatic carbocycles. The van der Waals surface area contributed by atoms with E-state index >= 15 is 0 Å². The summed E-state index contributed by atoms with van der Waals surface area (Å²) in [6, 6.07) is 14.2. The van der Waals surface area contributed by atoms with Gasteiger partial charge in [-0.3, -0.25) is 14.9 Å². The zero-order valence-electron chi connectivity index (χ0n) is 16.5. The standard InChI is InChI=1S/C22H20N4O4/c1-14-5-7-19(30-14)17-11-18(26-25-17)22(27)24-16-6-8-20(28-2)21(10-16)29-13-15-4-3-9-23-12-15/h3-12H,13H2,1-2H3,(H,24,27)(H,25,26). The predicted octanol–water partition coefficient (Wildman–Crippen LogP) is 4.21. The summed E-state index contributed by atoms with van der Waals surface area (Å²) in [5.41, 5.74) is 2.35. The number of ether oxygens (including phenoxy) is 2. The molecular weight excluding hydrogens is 384 g/mol. The molecule has 30 heavy (non-hydrogen) atoms. The fraction of sp³-hybridized carbons (Fsp3) is 0.136. The number of rotatable bonds is 7. The Bertz CT molecular complexity index is 1150. The van der Waals surface area contributed by atoms with Crippen molar-refractivity contribution in [2.24, 2.45) is 0 Å². The quantitative estimate of drug-likeness (QED) is 0.478. The second kappa shape index (κ2) is 8.52. The number of hydrogen-bond donors (Lipinski definition) is 2. The van der Waals surface area contributed by atoms with Gasteiger partial charge in [0.25, 0.3) is 5.91 Å². The van der Waals surface area contributed by atoms with E-state index in [1.165, 1.54) is 0 Å². The number of benzene rings is 1. The van der Waals surface area contributed by atoms with Crippen molar-refractivity contribution in [1.29, 1.82) is 0 Å². The van der Waals surface area contributed by atoms with Gasteiger partial charge < -0.3 is 19.2 Å². The normalized spacial score (nSPS) is 10.6. The van der Waals surface area contributed by atoms with Crippen LogP contribution >= 0.6 is 0 Å². The van der Waals surface area contributed by atoms with Crippen molar-refractivity contribution in [1.82, 2.24) is 15.2 Å². The van der Waals surface area contributed by atoms with E-state index in [1.807, 2.05) is 31.2 Å². The summed E-state index contributed by atoms with van der Waals surface area (Å²) in [6.07, 6.45) is 3.43. The van der Waals surface area contributed by atoms with Gasteiger partial charge >= 0.3 is 0 Å². The maximum absolute atomic E-state index is 12.6. The molecule has 0 aliphatic carbocycles. The SMILES string of the molecule is COc1ccc(NC(=O)c2cc(-c3ccc(C)o3)[nH]n2)cc1OCc1cccnc1. The molecule has 0 bridgehead atoms. The highest BCUT2D eigenvalue weighted by Crippen LogP contribution is 2.31. The van der Waals surface area contributed by atoms with E-state index in [2.05, 4.69) is 20.5 Å². The number of carbonyl (C=O) groups excluding carboxylic acids is 1. The highest BCUT2D eigenvalue weighted by atomic mass is 16.5. The van der Waals surface area contributed by atoms with Gasteiger partial charge in [0.1, 0.15) is 18.1 Å². The number of aryl methyl sites for hydroxylation is 1. The van der Waals surface area contributed by atoms with Crippen molar-refractivity contribution in [2.75, 3.05) is 12.4 Å². The molecule has 8 heteroatoms. The molecule has 2 N–H and O–H groups in total. The summed E-state index contributed by atoms with van der Waals surface area (Å²) >= 11 is 0. The molecule has 8 nitrogen and oxygen atoms in total. The van der Waals surface area contributed by atoms with Gasteiger partial charge in [-0.1, -0.05) is 6.07 Å². The van der Waals surface area contributed by atoms with Crippen LogP contribution in [0.1, 0.15) is 21.8 Å². The van der Waals surface area contributed by atoms with E-state index < -0.39 is 0 Å². The van der Waals surface area contributed by atoms with Crippen LogP contribution in [0.2, 0.25) is 0 Å². The first kappa shape index (κ1) is 19.3. The Labute approximate surface area is 172 Å².